The number of hydrogen-bond acceptors (Lipinski definition) is 2. The summed E-state index contributed by atoms with van der Waals surface area (Å²) in [7, 11) is 0. The van der Waals surface area contributed by atoms with E-state index in [1.165, 1.54) is 4.90 Å². The molecule has 1 aromatic carbocycles. The Morgan fingerprint density at radius 1 is 1.50 bits per heavy atom. The van der Waals surface area contributed by atoms with E-state index in [-0.39, 0.29) is 17.5 Å². The number of benzene rings is 1. The van der Waals surface area contributed by atoms with Gasteiger partial charge in [-0.3, -0.25) is 4.79 Å². The zero-order valence-corrected chi connectivity index (χ0v) is 10.2. The van der Waals surface area contributed by atoms with Crippen molar-refractivity contribution in [2.24, 2.45) is 11.7 Å². The van der Waals surface area contributed by atoms with Gasteiger partial charge < -0.3 is 10.6 Å². The molecule has 1 amide bonds. The standard InChI is InChI=1S/C13H16F2N2O/c1-8(16)9-4-5-17(7-9)13(18)11-6-10(14)2-3-12(11)15/h2-3,6,8-9H,4-5,7,16H2,1H3. The zero-order chi connectivity index (χ0) is 13.3. The molecule has 5 heteroatoms. The number of rotatable bonds is 2. The van der Waals surface area contributed by atoms with Crippen LogP contribution in [-0.4, -0.2) is 29.9 Å². The summed E-state index contributed by atoms with van der Waals surface area (Å²) >= 11 is 0. The molecule has 0 radical (unpaired) electrons. The molecule has 1 fully saturated rings. The van der Waals surface area contributed by atoms with Gasteiger partial charge in [0.1, 0.15) is 11.6 Å². The van der Waals surface area contributed by atoms with Crippen molar-refractivity contribution in [1.82, 2.24) is 4.90 Å². The lowest BCUT2D eigenvalue weighted by Gasteiger charge is -2.18. The largest absolute Gasteiger partial charge is 0.338 e. The van der Waals surface area contributed by atoms with Gasteiger partial charge in [0.15, 0.2) is 0 Å². The highest BCUT2D eigenvalue weighted by Gasteiger charge is 2.30. The van der Waals surface area contributed by atoms with Crippen LogP contribution in [0.25, 0.3) is 0 Å². The SMILES string of the molecule is CC(N)C1CCN(C(=O)c2cc(F)ccc2F)C1. The molecule has 2 rings (SSSR count). The monoisotopic (exact) mass is 254 g/mol. The van der Waals surface area contributed by atoms with Crippen molar-refractivity contribution < 1.29 is 13.6 Å². The normalized spacial score (nSPS) is 21.1. The Balaban J connectivity index is 2.15. The van der Waals surface area contributed by atoms with E-state index in [1.807, 2.05) is 6.92 Å². The molecule has 1 aliphatic rings. The molecule has 2 unspecified atom stereocenters. The Bertz CT molecular complexity index is 462. The maximum absolute atomic E-state index is 13.5. The summed E-state index contributed by atoms with van der Waals surface area (Å²) in [5.74, 6) is -1.53. The molecule has 0 spiro atoms. The molecule has 0 saturated carbocycles. The zero-order valence-electron chi connectivity index (χ0n) is 10.2. The van der Waals surface area contributed by atoms with E-state index in [4.69, 9.17) is 5.73 Å². The highest BCUT2D eigenvalue weighted by Crippen LogP contribution is 2.22. The number of amides is 1. The molecule has 1 saturated heterocycles. The van der Waals surface area contributed by atoms with Gasteiger partial charge in [0, 0.05) is 19.1 Å². The molecule has 1 aliphatic heterocycles. The van der Waals surface area contributed by atoms with Gasteiger partial charge in [0.05, 0.1) is 5.56 Å². The number of likely N-dealkylation sites (tertiary alicyclic amines) is 1. The van der Waals surface area contributed by atoms with Crippen molar-refractivity contribution in [2.75, 3.05) is 13.1 Å². The van der Waals surface area contributed by atoms with Gasteiger partial charge in [-0.05, 0) is 37.5 Å². The van der Waals surface area contributed by atoms with Crippen LogP contribution in [0.15, 0.2) is 18.2 Å². The minimum Gasteiger partial charge on any atom is -0.338 e. The Labute approximate surface area is 105 Å². The van der Waals surface area contributed by atoms with Crippen LogP contribution in [0.2, 0.25) is 0 Å². The van der Waals surface area contributed by atoms with Crippen LogP contribution in [-0.2, 0) is 0 Å². The molecule has 2 N–H and O–H groups in total. The van der Waals surface area contributed by atoms with Gasteiger partial charge in [0.25, 0.3) is 5.91 Å². The molecule has 2 atom stereocenters. The fraction of sp³-hybridized carbons (Fsp3) is 0.462. The quantitative estimate of drug-likeness (QED) is 0.874. The summed E-state index contributed by atoms with van der Waals surface area (Å²) in [5.41, 5.74) is 5.57. The van der Waals surface area contributed by atoms with Gasteiger partial charge in [0.2, 0.25) is 0 Å². The third-order valence-corrected chi connectivity index (χ3v) is 3.41. The van der Waals surface area contributed by atoms with Crippen molar-refractivity contribution in [2.45, 2.75) is 19.4 Å². The Hall–Kier alpha value is -1.49. The lowest BCUT2D eigenvalue weighted by molar-refractivity contribution is 0.0780. The topological polar surface area (TPSA) is 46.3 Å². The Kier molecular flexibility index (Phi) is 3.61. The number of nitrogens with zero attached hydrogens (tertiary/aromatic N) is 1. The first kappa shape index (κ1) is 13.0. The fourth-order valence-electron chi connectivity index (χ4n) is 2.23. The molecular weight excluding hydrogens is 238 g/mol. The first-order valence-corrected chi connectivity index (χ1v) is 5.99. The van der Waals surface area contributed by atoms with Gasteiger partial charge in [-0.15, -0.1) is 0 Å². The van der Waals surface area contributed by atoms with Crippen LogP contribution in [0.4, 0.5) is 8.78 Å². The van der Waals surface area contributed by atoms with Gasteiger partial charge >= 0.3 is 0 Å². The minimum absolute atomic E-state index is 0.000145. The van der Waals surface area contributed by atoms with Crippen molar-refractivity contribution in [3.05, 3.63) is 35.4 Å². The third kappa shape index (κ3) is 2.51. The summed E-state index contributed by atoms with van der Waals surface area (Å²) in [6, 6.07) is 2.92. The van der Waals surface area contributed by atoms with E-state index >= 15 is 0 Å². The minimum atomic E-state index is -0.689. The molecule has 98 valence electrons. The Morgan fingerprint density at radius 2 is 2.22 bits per heavy atom. The average Bonchev–Trinajstić information content (AvgIpc) is 2.81. The van der Waals surface area contributed by atoms with Gasteiger partial charge in [-0.2, -0.15) is 0 Å². The predicted molar refractivity (Wildman–Crippen MR) is 64.0 cm³/mol. The van der Waals surface area contributed by atoms with Crippen LogP contribution in [0, 0.1) is 17.6 Å². The van der Waals surface area contributed by atoms with E-state index < -0.39 is 17.5 Å². The van der Waals surface area contributed by atoms with E-state index in [0.29, 0.717) is 13.1 Å². The number of halogens is 2. The van der Waals surface area contributed by atoms with Gasteiger partial charge in [-0.25, -0.2) is 8.78 Å². The second kappa shape index (κ2) is 5.02. The van der Waals surface area contributed by atoms with Crippen molar-refractivity contribution in [3.8, 4) is 0 Å². The summed E-state index contributed by atoms with van der Waals surface area (Å²) in [6.07, 6.45) is 0.806. The van der Waals surface area contributed by atoms with Crippen LogP contribution in [0.5, 0.6) is 0 Å². The summed E-state index contributed by atoms with van der Waals surface area (Å²) in [6.45, 7) is 2.94. The van der Waals surface area contributed by atoms with E-state index in [9.17, 15) is 13.6 Å². The first-order valence-electron chi connectivity index (χ1n) is 5.99. The van der Waals surface area contributed by atoms with Crippen LogP contribution >= 0.6 is 0 Å². The maximum Gasteiger partial charge on any atom is 0.256 e. The van der Waals surface area contributed by atoms with E-state index in [1.54, 1.807) is 0 Å². The highest BCUT2D eigenvalue weighted by atomic mass is 19.1. The smallest absolute Gasteiger partial charge is 0.256 e. The molecule has 1 aromatic rings. The second-order valence-electron chi connectivity index (χ2n) is 4.78. The van der Waals surface area contributed by atoms with Crippen LogP contribution < -0.4 is 5.73 Å². The predicted octanol–water partition coefficient (Wildman–Crippen LogP) is 1.77. The molecule has 3 nitrogen and oxygen atoms in total. The highest BCUT2D eigenvalue weighted by molar-refractivity contribution is 5.94. The lowest BCUT2D eigenvalue weighted by Crippen LogP contribution is -2.33. The third-order valence-electron chi connectivity index (χ3n) is 3.41. The summed E-state index contributed by atoms with van der Waals surface area (Å²) in [5, 5.41) is 0. The summed E-state index contributed by atoms with van der Waals surface area (Å²) < 4.78 is 26.5. The molecule has 0 aliphatic carbocycles. The maximum atomic E-state index is 13.5. The first-order chi connectivity index (χ1) is 8.49. The summed E-state index contributed by atoms with van der Waals surface area (Å²) in [4.78, 5) is 13.6. The molecular formula is C13H16F2N2O. The van der Waals surface area contributed by atoms with Crippen molar-refractivity contribution in [3.63, 3.8) is 0 Å². The van der Waals surface area contributed by atoms with Crippen LogP contribution in [0.3, 0.4) is 0 Å². The van der Waals surface area contributed by atoms with E-state index in [0.717, 1.165) is 24.6 Å². The van der Waals surface area contributed by atoms with E-state index in [2.05, 4.69) is 0 Å². The number of nitrogens with two attached hydrogens (primary N) is 1. The second-order valence-corrected chi connectivity index (χ2v) is 4.78. The number of carbonyl (C=O) groups excluding carboxylic acids is 1. The van der Waals surface area contributed by atoms with Crippen LogP contribution in [0.1, 0.15) is 23.7 Å². The lowest BCUT2D eigenvalue weighted by atomic mass is 10.0. The molecule has 18 heavy (non-hydrogen) atoms. The van der Waals surface area contributed by atoms with Crippen molar-refractivity contribution in [1.29, 1.82) is 0 Å². The van der Waals surface area contributed by atoms with Crippen molar-refractivity contribution >= 4 is 5.91 Å². The molecule has 1 heterocycles. The molecule has 0 bridgehead atoms. The fourth-order valence-corrected chi connectivity index (χ4v) is 2.23. The number of hydrogen-bond donors (Lipinski definition) is 1. The number of carbonyl (C=O) groups is 1. The Morgan fingerprint density at radius 3 is 2.83 bits per heavy atom. The molecule has 0 aromatic heterocycles. The average molecular weight is 254 g/mol. The van der Waals surface area contributed by atoms with Gasteiger partial charge in [-0.1, -0.05) is 0 Å².